The predicted molar refractivity (Wildman–Crippen MR) is 98.9 cm³/mol. The number of aromatic nitrogens is 3. The molecule has 1 aliphatic rings. The molecule has 0 radical (unpaired) electrons. The summed E-state index contributed by atoms with van der Waals surface area (Å²) in [6.07, 6.45) is 7.03. The van der Waals surface area contributed by atoms with Crippen molar-refractivity contribution in [3.63, 3.8) is 0 Å². The highest BCUT2D eigenvalue weighted by molar-refractivity contribution is 5.57. The molecule has 0 atom stereocenters. The normalized spacial score (nSPS) is 14.8. The molecule has 1 aliphatic heterocycles. The molecule has 132 valence electrons. The van der Waals surface area contributed by atoms with Gasteiger partial charge in [-0.15, -0.1) is 0 Å². The molecule has 6 nitrogen and oxygen atoms in total. The Bertz CT molecular complexity index is 834. The average molecular weight is 348 g/mol. The van der Waals surface area contributed by atoms with Gasteiger partial charge in [0.1, 0.15) is 17.3 Å². The fourth-order valence-corrected chi connectivity index (χ4v) is 2.97. The maximum Gasteiger partial charge on any atom is 0.241 e. The molecule has 0 saturated carbocycles. The molecule has 1 fully saturated rings. The number of hydrogen-bond donors (Lipinski definition) is 1. The number of pyridine rings is 1. The Morgan fingerprint density at radius 1 is 0.885 bits per heavy atom. The summed E-state index contributed by atoms with van der Waals surface area (Å²) in [5, 5.41) is 3.25. The van der Waals surface area contributed by atoms with Gasteiger partial charge in [-0.2, -0.15) is 0 Å². The quantitative estimate of drug-likeness (QED) is 0.741. The van der Waals surface area contributed by atoms with E-state index in [-0.39, 0.29) is 0 Å². The minimum Gasteiger partial charge on any atom is -0.437 e. The van der Waals surface area contributed by atoms with Crippen molar-refractivity contribution in [2.45, 2.75) is 18.8 Å². The van der Waals surface area contributed by atoms with Gasteiger partial charge in [0.2, 0.25) is 5.88 Å². The van der Waals surface area contributed by atoms with Crippen LogP contribution in [0, 0.1) is 0 Å². The maximum absolute atomic E-state index is 6.01. The van der Waals surface area contributed by atoms with Crippen molar-refractivity contribution < 1.29 is 9.47 Å². The zero-order valence-corrected chi connectivity index (χ0v) is 14.3. The van der Waals surface area contributed by atoms with Crippen LogP contribution in [-0.2, 0) is 4.74 Å². The molecule has 0 amide bonds. The zero-order chi connectivity index (χ0) is 17.6. The van der Waals surface area contributed by atoms with Crippen LogP contribution in [-0.4, -0.2) is 28.2 Å². The fourth-order valence-electron chi connectivity index (χ4n) is 2.97. The van der Waals surface area contributed by atoms with Crippen molar-refractivity contribution in [3.8, 4) is 11.6 Å². The van der Waals surface area contributed by atoms with Crippen LogP contribution in [0.25, 0.3) is 0 Å². The first kappa shape index (κ1) is 16.5. The van der Waals surface area contributed by atoms with Crippen molar-refractivity contribution in [2.24, 2.45) is 0 Å². The summed E-state index contributed by atoms with van der Waals surface area (Å²) in [7, 11) is 0. The zero-order valence-electron chi connectivity index (χ0n) is 14.3. The lowest BCUT2D eigenvalue weighted by Crippen LogP contribution is -2.16. The van der Waals surface area contributed by atoms with E-state index in [4.69, 9.17) is 9.47 Å². The van der Waals surface area contributed by atoms with Crippen molar-refractivity contribution in [1.82, 2.24) is 15.0 Å². The molecule has 1 aromatic carbocycles. The largest absolute Gasteiger partial charge is 0.437 e. The van der Waals surface area contributed by atoms with Crippen molar-refractivity contribution >= 4 is 11.5 Å². The third-order valence-corrected chi connectivity index (χ3v) is 4.31. The summed E-state index contributed by atoms with van der Waals surface area (Å²) in [6, 6.07) is 13.5. The first-order chi connectivity index (χ1) is 12.9. The number of nitrogens with zero attached hydrogens (tertiary/aromatic N) is 3. The van der Waals surface area contributed by atoms with Gasteiger partial charge in [-0.3, -0.25) is 4.98 Å². The minimum absolute atomic E-state index is 0.331. The molecule has 6 heteroatoms. The van der Waals surface area contributed by atoms with E-state index in [1.54, 1.807) is 18.6 Å². The van der Waals surface area contributed by atoms with Gasteiger partial charge in [-0.25, -0.2) is 9.97 Å². The van der Waals surface area contributed by atoms with E-state index in [1.807, 2.05) is 42.5 Å². The van der Waals surface area contributed by atoms with Crippen LogP contribution in [0.1, 0.15) is 24.5 Å². The summed E-state index contributed by atoms with van der Waals surface area (Å²) >= 11 is 0. The second-order valence-corrected chi connectivity index (χ2v) is 6.10. The number of nitrogens with one attached hydrogen (secondary N) is 1. The Morgan fingerprint density at radius 3 is 2.46 bits per heavy atom. The van der Waals surface area contributed by atoms with Gasteiger partial charge in [-0.1, -0.05) is 6.07 Å². The summed E-state index contributed by atoms with van der Waals surface area (Å²) in [4.78, 5) is 13.2. The van der Waals surface area contributed by atoms with Crippen molar-refractivity contribution in [2.75, 3.05) is 18.5 Å². The number of benzene rings is 1. The summed E-state index contributed by atoms with van der Waals surface area (Å²) in [5.74, 6) is 2.43. The minimum atomic E-state index is 0.331. The Kier molecular flexibility index (Phi) is 5.02. The molecule has 0 spiro atoms. The van der Waals surface area contributed by atoms with E-state index in [2.05, 4.69) is 20.3 Å². The number of ether oxygens (including phenoxy) is 2. The van der Waals surface area contributed by atoms with E-state index in [0.717, 1.165) is 49.0 Å². The number of rotatable bonds is 5. The van der Waals surface area contributed by atoms with Crippen LogP contribution in [0.15, 0.2) is 61.1 Å². The third kappa shape index (κ3) is 3.97. The SMILES string of the molecule is c1ccc(Nc2ccc(Oc3nccnc3C3CCOCC3)cc2)nc1. The molecule has 1 saturated heterocycles. The summed E-state index contributed by atoms with van der Waals surface area (Å²) in [5.41, 5.74) is 1.85. The highest BCUT2D eigenvalue weighted by atomic mass is 16.5. The van der Waals surface area contributed by atoms with Gasteiger partial charge in [0.05, 0.1) is 0 Å². The lowest BCUT2D eigenvalue weighted by molar-refractivity contribution is 0.0839. The van der Waals surface area contributed by atoms with Gasteiger partial charge < -0.3 is 14.8 Å². The fraction of sp³-hybridized carbons (Fsp3) is 0.250. The first-order valence-corrected chi connectivity index (χ1v) is 8.73. The number of hydrogen-bond acceptors (Lipinski definition) is 6. The van der Waals surface area contributed by atoms with E-state index in [9.17, 15) is 0 Å². The Balaban J connectivity index is 1.47. The van der Waals surface area contributed by atoms with Crippen LogP contribution in [0.3, 0.4) is 0 Å². The maximum atomic E-state index is 6.01. The van der Waals surface area contributed by atoms with E-state index in [0.29, 0.717) is 11.8 Å². The van der Waals surface area contributed by atoms with Crippen molar-refractivity contribution in [1.29, 1.82) is 0 Å². The second-order valence-electron chi connectivity index (χ2n) is 6.10. The molecular weight excluding hydrogens is 328 g/mol. The Hall–Kier alpha value is -2.99. The molecule has 1 N–H and O–H groups in total. The molecule has 26 heavy (non-hydrogen) atoms. The molecule has 0 unspecified atom stereocenters. The smallest absolute Gasteiger partial charge is 0.241 e. The lowest BCUT2D eigenvalue weighted by Gasteiger charge is -2.22. The molecule has 0 aliphatic carbocycles. The molecule has 4 rings (SSSR count). The molecule has 3 heterocycles. The lowest BCUT2D eigenvalue weighted by atomic mass is 9.96. The molecule has 3 aromatic rings. The average Bonchev–Trinajstić information content (AvgIpc) is 2.71. The van der Waals surface area contributed by atoms with Gasteiger partial charge in [0.25, 0.3) is 0 Å². The van der Waals surface area contributed by atoms with Crippen LogP contribution < -0.4 is 10.1 Å². The topological polar surface area (TPSA) is 69.2 Å². The first-order valence-electron chi connectivity index (χ1n) is 8.73. The predicted octanol–water partition coefficient (Wildman–Crippen LogP) is 4.30. The van der Waals surface area contributed by atoms with Gasteiger partial charge in [-0.05, 0) is 49.2 Å². The van der Waals surface area contributed by atoms with Gasteiger partial charge >= 0.3 is 0 Å². The van der Waals surface area contributed by atoms with Crippen LogP contribution in [0.5, 0.6) is 11.6 Å². The second kappa shape index (κ2) is 7.93. The Labute approximate surface area is 152 Å². The molecule has 2 aromatic heterocycles. The van der Waals surface area contributed by atoms with E-state index >= 15 is 0 Å². The van der Waals surface area contributed by atoms with Crippen molar-refractivity contribution in [3.05, 3.63) is 66.7 Å². The third-order valence-electron chi connectivity index (χ3n) is 4.31. The standard InChI is InChI=1S/C20H20N4O2/c1-2-10-21-18(3-1)24-16-4-6-17(7-5-16)26-20-19(22-11-12-23-20)15-8-13-25-14-9-15/h1-7,10-12,15H,8-9,13-14H2,(H,21,24). The summed E-state index contributed by atoms with van der Waals surface area (Å²) < 4.78 is 11.5. The Morgan fingerprint density at radius 2 is 1.69 bits per heavy atom. The molecular formula is C20H20N4O2. The number of anilines is 2. The van der Waals surface area contributed by atoms with Crippen LogP contribution in [0.4, 0.5) is 11.5 Å². The van der Waals surface area contributed by atoms with Gasteiger partial charge in [0, 0.05) is 43.4 Å². The monoisotopic (exact) mass is 348 g/mol. The van der Waals surface area contributed by atoms with Crippen LogP contribution >= 0.6 is 0 Å². The van der Waals surface area contributed by atoms with E-state index < -0.39 is 0 Å². The molecule has 0 bridgehead atoms. The van der Waals surface area contributed by atoms with Crippen LogP contribution in [0.2, 0.25) is 0 Å². The highest BCUT2D eigenvalue weighted by Crippen LogP contribution is 2.33. The summed E-state index contributed by atoms with van der Waals surface area (Å²) in [6.45, 7) is 1.52. The van der Waals surface area contributed by atoms with E-state index in [1.165, 1.54) is 0 Å². The van der Waals surface area contributed by atoms with Gasteiger partial charge in [0.15, 0.2) is 0 Å². The highest BCUT2D eigenvalue weighted by Gasteiger charge is 2.22.